The van der Waals surface area contributed by atoms with E-state index in [1.165, 1.54) is 16.2 Å². The highest BCUT2D eigenvalue weighted by molar-refractivity contribution is 7.12. The number of carbonyl (C=O) groups is 2. The van der Waals surface area contributed by atoms with Crippen LogP contribution in [0.1, 0.15) is 35.4 Å². The van der Waals surface area contributed by atoms with Crippen molar-refractivity contribution >= 4 is 23.3 Å². The van der Waals surface area contributed by atoms with E-state index in [1.807, 2.05) is 17.5 Å². The van der Waals surface area contributed by atoms with Crippen LogP contribution in [0.3, 0.4) is 0 Å². The van der Waals surface area contributed by atoms with Crippen LogP contribution in [0.15, 0.2) is 17.5 Å². The Balaban J connectivity index is 1.50. The van der Waals surface area contributed by atoms with Crippen LogP contribution in [0, 0.1) is 0 Å². The highest BCUT2D eigenvalue weighted by atomic mass is 32.1. The molecule has 0 spiro atoms. The molecule has 1 atom stereocenters. The fourth-order valence-electron chi connectivity index (χ4n) is 3.54. The topological polar surface area (TPSA) is 72.9 Å². The summed E-state index contributed by atoms with van der Waals surface area (Å²) >= 11 is 1.46. The second-order valence-corrected chi connectivity index (χ2v) is 7.23. The van der Waals surface area contributed by atoms with Crippen molar-refractivity contribution in [1.82, 2.24) is 15.1 Å². The molecule has 2 amide bonds. The lowest BCUT2D eigenvalue weighted by molar-refractivity contribution is 0.0699. The van der Waals surface area contributed by atoms with Crippen molar-refractivity contribution in [3.63, 3.8) is 0 Å². The van der Waals surface area contributed by atoms with E-state index in [0.717, 1.165) is 43.6 Å². The van der Waals surface area contributed by atoms with Crippen molar-refractivity contribution in [1.29, 1.82) is 0 Å². The summed E-state index contributed by atoms with van der Waals surface area (Å²) in [4.78, 5) is 27.9. The lowest BCUT2D eigenvalue weighted by Crippen LogP contribution is -2.53. The van der Waals surface area contributed by atoms with Gasteiger partial charge in [0.15, 0.2) is 0 Å². The van der Waals surface area contributed by atoms with Crippen LogP contribution >= 0.6 is 11.3 Å². The minimum Gasteiger partial charge on any atom is -0.465 e. The van der Waals surface area contributed by atoms with Gasteiger partial charge in [0.05, 0.1) is 4.88 Å². The van der Waals surface area contributed by atoms with Crippen LogP contribution in [0.25, 0.3) is 0 Å². The second-order valence-electron chi connectivity index (χ2n) is 6.29. The average Bonchev–Trinajstić information content (AvgIpc) is 3.10. The zero-order valence-electron chi connectivity index (χ0n) is 13.1. The molecule has 0 bridgehead atoms. The Kier molecular flexibility index (Phi) is 5.17. The van der Waals surface area contributed by atoms with E-state index in [1.54, 1.807) is 0 Å². The Hall–Kier alpha value is -1.60. The molecule has 2 N–H and O–H groups in total. The molecule has 3 rings (SSSR count). The van der Waals surface area contributed by atoms with Crippen molar-refractivity contribution in [3.05, 3.63) is 22.4 Å². The lowest BCUT2D eigenvalue weighted by atomic mass is 9.98. The summed E-state index contributed by atoms with van der Waals surface area (Å²) in [6, 6.07) is 4.37. The molecule has 23 heavy (non-hydrogen) atoms. The normalized spacial score (nSPS) is 23.7. The molecule has 2 fully saturated rings. The quantitative estimate of drug-likeness (QED) is 0.886. The molecule has 0 aliphatic carbocycles. The number of hydrogen-bond acceptors (Lipinski definition) is 4. The zero-order chi connectivity index (χ0) is 16.2. The van der Waals surface area contributed by atoms with Crippen molar-refractivity contribution < 1.29 is 14.7 Å². The number of likely N-dealkylation sites (tertiary alicyclic amines) is 2. The van der Waals surface area contributed by atoms with Crippen LogP contribution in [0.2, 0.25) is 0 Å². The number of carboxylic acid groups (broad SMARTS) is 1. The number of nitrogens with one attached hydrogen (secondary N) is 1. The molecule has 2 aliphatic heterocycles. The van der Waals surface area contributed by atoms with E-state index in [9.17, 15) is 9.59 Å². The first-order chi connectivity index (χ1) is 11.1. The van der Waals surface area contributed by atoms with E-state index in [0.29, 0.717) is 19.1 Å². The predicted octanol–water partition coefficient (Wildman–Crippen LogP) is 2.08. The highest BCUT2D eigenvalue weighted by Crippen LogP contribution is 2.21. The average molecular weight is 337 g/mol. The van der Waals surface area contributed by atoms with Gasteiger partial charge in [0.1, 0.15) is 0 Å². The molecule has 7 heteroatoms. The summed E-state index contributed by atoms with van der Waals surface area (Å²) in [6.07, 6.45) is 3.05. The molecular weight excluding hydrogens is 314 g/mol. The number of amides is 2. The summed E-state index contributed by atoms with van der Waals surface area (Å²) in [6.45, 7) is 3.14. The smallest absolute Gasteiger partial charge is 0.407 e. The predicted molar refractivity (Wildman–Crippen MR) is 89.0 cm³/mol. The molecule has 2 aliphatic rings. The molecule has 0 saturated carbocycles. The van der Waals surface area contributed by atoms with Gasteiger partial charge in [-0.05, 0) is 43.7 Å². The number of carbonyl (C=O) groups excluding carboxylic acids is 1. The number of nitrogens with zero attached hydrogens (tertiary/aromatic N) is 2. The molecule has 1 unspecified atom stereocenters. The van der Waals surface area contributed by atoms with Crippen molar-refractivity contribution in [3.8, 4) is 0 Å². The maximum Gasteiger partial charge on any atom is 0.407 e. The fraction of sp³-hybridized carbons (Fsp3) is 0.625. The Bertz CT molecular complexity index is 541. The van der Waals surface area contributed by atoms with Crippen LogP contribution < -0.4 is 5.32 Å². The van der Waals surface area contributed by atoms with Crippen LogP contribution in [-0.2, 0) is 0 Å². The Morgan fingerprint density at radius 2 is 2.00 bits per heavy atom. The standard InChI is InChI=1S/C16H23N3O3S/c20-15(14-4-2-10-23-14)17-12-3-1-7-19(11-12)13-5-8-18(9-6-13)16(21)22/h2,4,10,12-13H,1,3,5-9,11H2,(H,17,20)(H,21,22). The van der Waals surface area contributed by atoms with Gasteiger partial charge in [0, 0.05) is 31.7 Å². The van der Waals surface area contributed by atoms with E-state index in [2.05, 4.69) is 10.2 Å². The SMILES string of the molecule is O=C(NC1CCCN(C2CCN(C(=O)O)CC2)C1)c1cccs1. The largest absolute Gasteiger partial charge is 0.465 e. The molecule has 0 aromatic carbocycles. The minimum absolute atomic E-state index is 0.0209. The first-order valence-corrected chi connectivity index (χ1v) is 9.08. The number of piperidine rings is 2. The van der Waals surface area contributed by atoms with Gasteiger partial charge in [0.2, 0.25) is 0 Å². The molecule has 1 aromatic heterocycles. The van der Waals surface area contributed by atoms with Crippen molar-refractivity contribution in [2.45, 2.75) is 37.8 Å². The van der Waals surface area contributed by atoms with Gasteiger partial charge in [-0.3, -0.25) is 9.69 Å². The lowest BCUT2D eigenvalue weighted by Gasteiger charge is -2.41. The molecule has 1 aromatic rings. The Morgan fingerprint density at radius 1 is 1.22 bits per heavy atom. The summed E-state index contributed by atoms with van der Waals surface area (Å²) in [5, 5.41) is 14.1. The molecule has 126 valence electrons. The molecule has 0 radical (unpaired) electrons. The van der Waals surface area contributed by atoms with E-state index in [4.69, 9.17) is 5.11 Å². The summed E-state index contributed by atoms with van der Waals surface area (Å²) < 4.78 is 0. The highest BCUT2D eigenvalue weighted by Gasteiger charge is 2.30. The zero-order valence-corrected chi connectivity index (χ0v) is 13.9. The summed E-state index contributed by atoms with van der Waals surface area (Å²) in [5.74, 6) is 0.0209. The summed E-state index contributed by atoms with van der Waals surface area (Å²) in [7, 11) is 0. The van der Waals surface area contributed by atoms with Gasteiger partial charge in [-0.25, -0.2) is 4.79 Å². The molecular formula is C16H23N3O3S. The maximum absolute atomic E-state index is 12.2. The number of hydrogen-bond donors (Lipinski definition) is 2. The summed E-state index contributed by atoms with van der Waals surface area (Å²) in [5.41, 5.74) is 0. The first-order valence-electron chi connectivity index (χ1n) is 8.20. The van der Waals surface area contributed by atoms with E-state index >= 15 is 0 Å². The Morgan fingerprint density at radius 3 is 2.65 bits per heavy atom. The minimum atomic E-state index is -0.816. The van der Waals surface area contributed by atoms with Crippen molar-refractivity contribution in [2.75, 3.05) is 26.2 Å². The third-order valence-electron chi connectivity index (χ3n) is 4.78. The van der Waals surface area contributed by atoms with Crippen molar-refractivity contribution in [2.24, 2.45) is 0 Å². The van der Waals surface area contributed by atoms with E-state index < -0.39 is 6.09 Å². The van der Waals surface area contributed by atoms with Crippen LogP contribution in [-0.4, -0.2) is 65.2 Å². The van der Waals surface area contributed by atoms with Gasteiger partial charge in [0.25, 0.3) is 5.91 Å². The molecule has 3 heterocycles. The van der Waals surface area contributed by atoms with Crippen LogP contribution in [0.5, 0.6) is 0 Å². The molecule has 2 saturated heterocycles. The van der Waals surface area contributed by atoms with Crippen LogP contribution in [0.4, 0.5) is 4.79 Å². The fourth-order valence-corrected chi connectivity index (χ4v) is 4.17. The van der Waals surface area contributed by atoms with Gasteiger partial charge >= 0.3 is 6.09 Å². The Labute approximate surface area is 140 Å². The monoisotopic (exact) mass is 337 g/mol. The number of rotatable bonds is 3. The number of thiophene rings is 1. The van der Waals surface area contributed by atoms with E-state index in [-0.39, 0.29) is 11.9 Å². The van der Waals surface area contributed by atoms with Gasteiger partial charge < -0.3 is 15.3 Å². The van der Waals surface area contributed by atoms with Gasteiger partial charge in [-0.2, -0.15) is 0 Å². The maximum atomic E-state index is 12.2. The van der Waals surface area contributed by atoms with Gasteiger partial charge in [-0.15, -0.1) is 11.3 Å². The van der Waals surface area contributed by atoms with Gasteiger partial charge in [-0.1, -0.05) is 6.07 Å². The first kappa shape index (κ1) is 16.3. The molecule has 6 nitrogen and oxygen atoms in total. The third kappa shape index (κ3) is 4.03. The second kappa shape index (κ2) is 7.31. The third-order valence-corrected chi connectivity index (χ3v) is 5.65.